The molecule has 80 valence electrons. The maximum absolute atomic E-state index is 12.1. The molecule has 0 unspecified atom stereocenters. The van der Waals surface area contributed by atoms with E-state index in [4.69, 9.17) is 0 Å². The Labute approximate surface area is 90.9 Å². The Morgan fingerprint density at radius 2 is 2.00 bits per heavy atom. The van der Waals surface area contributed by atoms with E-state index < -0.39 is 0 Å². The first kappa shape index (κ1) is 10.2. The second-order valence-corrected chi connectivity index (χ2v) is 4.10. The van der Waals surface area contributed by atoms with Gasteiger partial charge >= 0.3 is 0 Å². The van der Waals surface area contributed by atoms with Gasteiger partial charge in [-0.15, -0.1) is 0 Å². The summed E-state index contributed by atoms with van der Waals surface area (Å²) in [7, 11) is 0. The number of nitrogens with zero attached hydrogens (tertiary/aromatic N) is 1. The van der Waals surface area contributed by atoms with Crippen molar-refractivity contribution in [1.82, 2.24) is 4.90 Å². The molecule has 0 aliphatic heterocycles. The van der Waals surface area contributed by atoms with Crippen LogP contribution in [0.4, 0.5) is 0 Å². The molecule has 0 spiro atoms. The molecule has 1 aromatic rings. The first-order valence-electron chi connectivity index (χ1n) is 5.69. The Bertz CT molecular complexity index is 330. The van der Waals surface area contributed by atoms with Crippen molar-refractivity contribution in [2.45, 2.75) is 32.2 Å². The van der Waals surface area contributed by atoms with Crippen LogP contribution in [0, 0.1) is 0 Å². The summed E-state index contributed by atoms with van der Waals surface area (Å²) in [6.45, 7) is 3.01. The van der Waals surface area contributed by atoms with E-state index in [1.165, 1.54) is 12.8 Å². The average Bonchev–Trinajstić information content (AvgIpc) is 3.10. The molecule has 0 atom stereocenters. The van der Waals surface area contributed by atoms with Crippen LogP contribution in [0.2, 0.25) is 0 Å². The van der Waals surface area contributed by atoms with Crippen molar-refractivity contribution >= 4 is 5.91 Å². The molecule has 0 radical (unpaired) electrons. The number of rotatable bonds is 4. The Hall–Kier alpha value is -1.31. The fourth-order valence-electron chi connectivity index (χ4n) is 1.82. The number of benzene rings is 1. The molecule has 1 fully saturated rings. The third kappa shape index (κ3) is 2.38. The van der Waals surface area contributed by atoms with Gasteiger partial charge in [0, 0.05) is 18.2 Å². The van der Waals surface area contributed by atoms with E-state index in [1.807, 2.05) is 35.2 Å². The summed E-state index contributed by atoms with van der Waals surface area (Å²) in [4.78, 5) is 14.2. The first-order chi connectivity index (χ1) is 7.33. The zero-order valence-corrected chi connectivity index (χ0v) is 9.15. The minimum atomic E-state index is 0.194. The molecule has 0 saturated heterocycles. The van der Waals surface area contributed by atoms with E-state index in [9.17, 15) is 4.79 Å². The van der Waals surface area contributed by atoms with E-state index in [2.05, 4.69) is 6.92 Å². The Morgan fingerprint density at radius 3 is 2.53 bits per heavy atom. The van der Waals surface area contributed by atoms with E-state index in [0.29, 0.717) is 6.04 Å². The van der Waals surface area contributed by atoms with E-state index >= 15 is 0 Å². The van der Waals surface area contributed by atoms with Crippen molar-refractivity contribution in [3.05, 3.63) is 35.9 Å². The summed E-state index contributed by atoms with van der Waals surface area (Å²) in [6, 6.07) is 10.1. The molecule has 1 aliphatic rings. The molecule has 2 heteroatoms. The number of amides is 1. The summed E-state index contributed by atoms with van der Waals surface area (Å²) in [5.41, 5.74) is 0.817. The molecule has 15 heavy (non-hydrogen) atoms. The van der Waals surface area contributed by atoms with Gasteiger partial charge in [0.25, 0.3) is 5.91 Å². The first-order valence-corrected chi connectivity index (χ1v) is 5.69. The second-order valence-electron chi connectivity index (χ2n) is 4.10. The normalized spacial score (nSPS) is 15.0. The second kappa shape index (κ2) is 4.47. The lowest BCUT2D eigenvalue weighted by molar-refractivity contribution is 0.0743. The third-order valence-electron chi connectivity index (χ3n) is 2.73. The molecule has 0 heterocycles. The summed E-state index contributed by atoms with van der Waals surface area (Å²) in [5, 5.41) is 0. The molecule has 1 saturated carbocycles. The smallest absolute Gasteiger partial charge is 0.254 e. The van der Waals surface area contributed by atoms with Gasteiger partial charge in [-0.05, 0) is 31.4 Å². The molecule has 1 aromatic carbocycles. The van der Waals surface area contributed by atoms with E-state index in [0.717, 1.165) is 18.5 Å². The predicted molar refractivity (Wildman–Crippen MR) is 60.8 cm³/mol. The van der Waals surface area contributed by atoms with Crippen LogP contribution in [-0.2, 0) is 0 Å². The number of hydrogen-bond acceptors (Lipinski definition) is 1. The molecule has 2 nitrogen and oxygen atoms in total. The fraction of sp³-hybridized carbons (Fsp3) is 0.462. The quantitative estimate of drug-likeness (QED) is 0.736. The predicted octanol–water partition coefficient (Wildman–Crippen LogP) is 2.70. The zero-order chi connectivity index (χ0) is 10.7. The minimum Gasteiger partial charge on any atom is -0.336 e. The lowest BCUT2D eigenvalue weighted by Crippen LogP contribution is -2.33. The van der Waals surface area contributed by atoms with Gasteiger partial charge in [0.2, 0.25) is 0 Å². The maximum atomic E-state index is 12.1. The summed E-state index contributed by atoms with van der Waals surface area (Å²) in [5.74, 6) is 0.194. The highest BCUT2D eigenvalue weighted by Gasteiger charge is 2.32. The monoisotopic (exact) mass is 203 g/mol. The number of carbonyl (C=O) groups excluding carboxylic acids is 1. The SMILES string of the molecule is CCCN(C(=O)c1ccccc1)C1CC1. The van der Waals surface area contributed by atoms with Gasteiger partial charge in [0.15, 0.2) is 0 Å². The lowest BCUT2D eigenvalue weighted by Gasteiger charge is -2.21. The largest absolute Gasteiger partial charge is 0.336 e. The molecular formula is C13H17NO. The van der Waals surface area contributed by atoms with Gasteiger partial charge in [-0.1, -0.05) is 25.1 Å². The van der Waals surface area contributed by atoms with Crippen molar-refractivity contribution in [1.29, 1.82) is 0 Å². The molecule has 0 bridgehead atoms. The summed E-state index contributed by atoms with van der Waals surface area (Å²) >= 11 is 0. The van der Waals surface area contributed by atoms with Gasteiger partial charge in [0.1, 0.15) is 0 Å². The molecular weight excluding hydrogens is 186 g/mol. The highest BCUT2D eigenvalue weighted by Crippen LogP contribution is 2.28. The zero-order valence-electron chi connectivity index (χ0n) is 9.15. The lowest BCUT2D eigenvalue weighted by atomic mass is 10.2. The number of hydrogen-bond donors (Lipinski definition) is 0. The molecule has 2 rings (SSSR count). The topological polar surface area (TPSA) is 20.3 Å². The van der Waals surface area contributed by atoms with Crippen LogP contribution in [0.1, 0.15) is 36.5 Å². The van der Waals surface area contributed by atoms with Gasteiger partial charge in [-0.25, -0.2) is 0 Å². The average molecular weight is 203 g/mol. The van der Waals surface area contributed by atoms with Crippen LogP contribution in [0.5, 0.6) is 0 Å². The van der Waals surface area contributed by atoms with Crippen LogP contribution in [0.3, 0.4) is 0 Å². The van der Waals surface area contributed by atoms with Crippen molar-refractivity contribution in [2.24, 2.45) is 0 Å². The van der Waals surface area contributed by atoms with Crippen LogP contribution in [0.25, 0.3) is 0 Å². The molecule has 0 aromatic heterocycles. The molecule has 1 aliphatic carbocycles. The number of carbonyl (C=O) groups is 1. The van der Waals surface area contributed by atoms with Gasteiger partial charge in [0.05, 0.1) is 0 Å². The Kier molecular flexibility index (Phi) is 3.05. The van der Waals surface area contributed by atoms with Crippen molar-refractivity contribution < 1.29 is 4.79 Å². The highest BCUT2D eigenvalue weighted by atomic mass is 16.2. The maximum Gasteiger partial charge on any atom is 0.254 e. The fourth-order valence-corrected chi connectivity index (χ4v) is 1.82. The van der Waals surface area contributed by atoms with Crippen LogP contribution >= 0.6 is 0 Å². The van der Waals surface area contributed by atoms with E-state index in [1.54, 1.807) is 0 Å². The van der Waals surface area contributed by atoms with Crippen LogP contribution < -0.4 is 0 Å². The van der Waals surface area contributed by atoms with E-state index in [-0.39, 0.29) is 5.91 Å². The van der Waals surface area contributed by atoms with Crippen molar-refractivity contribution in [3.63, 3.8) is 0 Å². The Morgan fingerprint density at radius 1 is 1.33 bits per heavy atom. The van der Waals surface area contributed by atoms with Crippen molar-refractivity contribution in [2.75, 3.05) is 6.54 Å². The van der Waals surface area contributed by atoms with Crippen LogP contribution in [0.15, 0.2) is 30.3 Å². The standard InChI is InChI=1S/C13H17NO/c1-2-10-14(12-8-9-12)13(15)11-6-4-3-5-7-11/h3-7,12H,2,8-10H2,1H3. The van der Waals surface area contributed by atoms with Gasteiger partial charge in [-0.2, -0.15) is 0 Å². The molecule has 1 amide bonds. The third-order valence-corrected chi connectivity index (χ3v) is 2.73. The molecule has 0 N–H and O–H groups in total. The van der Waals surface area contributed by atoms with Crippen molar-refractivity contribution in [3.8, 4) is 0 Å². The highest BCUT2D eigenvalue weighted by molar-refractivity contribution is 5.94. The Balaban J connectivity index is 2.10. The van der Waals surface area contributed by atoms with Gasteiger partial charge in [-0.3, -0.25) is 4.79 Å². The minimum absolute atomic E-state index is 0.194. The summed E-state index contributed by atoms with van der Waals surface area (Å²) < 4.78 is 0. The summed E-state index contributed by atoms with van der Waals surface area (Å²) in [6.07, 6.45) is 3.40. The van der Waals surface area contributed by atoms with Gasteiger partial charge < -0.3 is 4.90 Å². The van der Waals surface area contributed by atoms with Crippen LogP contribution in [-0.4, -0.2) is 23.4 Å².